The van der Waals surface area contributed by atoms with E-state index in [0.29, 0.717) is 11.3 Å². The van der Waals surface area contributed by atoms with Crippen LogP contribution in [0.3, 0.4) is 0 Å². The number of furan rings is 1. The van der Waals surface area contributed by atoms with Crippen molar-refractivity contribution in [3.8, 4) is 0 Å². The molecule has 1 unspecified atom stereocenters. The number of carbonyl (C=O) groups excluding carboxylic acids is 2. The average molecular weight is 401 g/mol. The summed E-state index contributed by atoms with van der Waals surface area (Å²) >= 11 is 0. The lowest BCUT2D eigenvalue weighted by atomic mass is 9.93. The van der Waals surface area contributed by atoms with E-state index in [9.17, 15) is 14.7 Å². The smallest absolute Gasteiger partial charge is 0.296 e. The maximum atomic E-state index is 13.1. The van der Waals surface area contributed by atoms with Crippen LogP contribution in [0, 0.1) is 20.8 Å². The van der Waals surface area contributed by atoms with Crippen LogP contribution in [0.15, 0.2) is 70.9 Å². The quantitative estimate of drug-likeness (QED) is 0.386. The van der Waals surface area contributed by atoms with Crippen LogP contribution in [-0.2, 0) is 16.1 Å². The van der Waals surface area contributed by atoms with Crippen molar-refractivity contribution in [2.24, 2.45) is 0 Å². The first-order chi connectivity index (χ1) is 14.4. The Labute approximate surface area is 175 Å². The van der Waals surface area contributed by atoms with Crippen LogP contribution in [-0.4, -0.2) is 21.7 Å². The van der Waals surface area contributed by atoms with E-state index in [1.807, 2.05) is 63.2 Å². The van der Waals surface area contributed by atoms with Gasteiger partial charge < -0.3 is 14.4 Å². The number of aliphatic hydroxyl groups is 1. The van der Waals surface area contributed by atoms with Gasteiger partial charge in [0.1, 0.15) is 11.5 Å². The van der Waals surface area contributed by atoms with E-state index >= 15 is 0 Å². The largest absolute Gasteiger partial charge is 0.507 e. The molecule has 0 bridgehead atoms. The summed E-state index contributed by atoms with van der Waals surface area (Å²) in [6, 6.07) is 16.1. The normalized spacial score (nSPS) is 18.2. The minimum Gasteiger partial charge on any atom is -0.507 e. The maximum absolute atomic E-state index is 13.1. The zero-order valence-electron chi connectivity index (χ0n) is 17.2. The molecule has 0 spiro atoms. The minimum atomic E-state index is -0.699. The first-order valence-electron chi connectivity index (χ1n) is 9.82. The van der Waals surface area contributed by atoms with E-state index < -0.39 is 17.7 Å². The molecule has 1 aliphatic rings. The first kappa shape index (κ1) is 19.7. The zero-order chi connectivity index (χ0) is 21.4. The second-order valence-corrected chi connectivity index (χ2v) is 7.74. The highest BCUT2D eigenvalue weighted by Gasteiger charge is 2.46. The molecule has 4 rings (SSSR count). The lowest BCUT2D eigenvalue weighted by Crippen LogP contribution is -2.29. The third kappa shape index (κ3) is 3.43. The number of aliphatic hydroxyl groups excluding tert-OH is 1. The summed E-state index contributed by atoms with van der Waals surface area (Å²) < 4.78 is 5.41. The van der Waals surface area contributed by atoms with Gasteiger partial charge >= 0.3 is 0 Å². The molecular formula is C25H23NO4. The summed E-state index contributed by atoms with van der Waals surface area (Å²) in [6.45, 7) is 5.90. The van der Waals surface area contributed by atoms with Crippen molar-refractivity contribution in [2.75, 3.05) is 0 Å². The van der Waals surface area contributed by atoms with Gasteiger partial charge in [-0.1, -0.05) is 47.5 Å². The van der Waals surface area contributed by atoms with E-state index in [-0.39, 0.29) is 17.9 Å². The van der Waals surface area contributed by atoms with Crippen molar-refractivity contribution in [2.45, 2.75) is 33.4 Å². The van der Waals surface area contributed by atoms with Crippen LogP contribution in [0.5, 0.6) is 0 Å². The predicted molar refractivity (Wildman–Crippen MR) is 114 cm³/mol. The van der Waals surface area contributed by atoms with Crippen molar-refractivity contribution in [1.82, 2.24) is 4.90 Å². The van der Waals surface area contributed by atoms with Gasteiger partial charge in [0.15, 0.2) is 0 Å². The number of Topliss-reactive ketones (excluding diaryl/α,β-unsaturated/α-hetero) is 1. The number of likely N-dealkylation sites (tertiary alicyclic amines) is 1. The summed E-state index contributed by atoms with van der Waals surface area (Å²) in [4.78, 5) is 27.5. The van der Waals surface area contributed by atoms with Crippen LogP contribution in [0.4, 0.5) is 0 Å². The number of carbonyl (C=O) groups is 2. The Morgan fingerprint density at radius 2 is 1.70 bits per heavy atom. The van der Waals surface area contributed by atoms with Gasteiger partial charge in [-0.05, 0) is 50.1 Å². The van der Waals surface area contributed by atoms with Crippen LogP contribution in [0.2, 0.25) is 0 Å². The van der Waals surface area contributed by atoms with E-state index in [4.69, 9.17) is 4.42 Å². The van der Waals surface area contributed by atoms with Gasteiger partial charge in [0.25, 0.3) is 11.7 Å². The number of ketones is 1. The molecule has 1 aliphatic heterocycles. The molecule has 2 heterocycles. The molecule has 3 aromatic rings. The molecule has 1 N–H and O–H groups in total. The Hall–Kier alpha value is -3.60. The van der Waals surface area contributed by atoms with Crippen molar-refractivity contribution in [1.29, 1.82) is 0 Å². The third-order valence-electron chi connectivity index (χ3n) is 5.49. The molecule has 5 nitrogen and oxygen atoms in total. The number of hydrogen-bond donors (Lipinski definition) is 1. The molecular weight excluding hydrogens is 378 g/mol. The summed E-state index contributed by atoms with van der Waals surface area (Å²) in [5, 5.41) is 11.2. The van der Waals surface area contributed by atoms with Crippen LogP contribution in [0.1, 0.15) is 39.6 Å². The van der Waals surface area contributed by atoms with Gasteiger partial charge in [-0.2, -0.15) is 0 Å². The fraction of sp³-hybridized carbons (Fsp3) is 0.200. The molecule has 1 aromatic heterocycles. The number of hydrogen-bond acceptors (Lipinski definition) is 4. The van der Waals surface area contributed by atoms with Crippen molar-refractivity contribution >= 4 is 17.4 Å². The predicted octanol–water partition coefficient (Wildman–Crippen LogP) is 4.83. The van der Waals surface area contributed by atoms with Gasteiger partial charge in [-0.25, -0.2) is 0 Å². The van der Waals surface area contributed by atoms with Gasteiger partial charge in [0, 0.05) is 5.56 Å². The third-order valence-corrected chi connectivity index (χ3v) is 5.49. The number of benzene rings is 2. The van der Waals surface area contributed by atoms with Crippen molar-refractivity contribution in [3.63, 3.8) is 0 Å². The second kappa shape index (κ2) is 7.67. The topological polar surface area (TPSA) is 70.8 Å². The standard InChI is InChI=1S/C25H23NO4/c1-15-7-10-18(11-8-15)22-21(23(27)20-13-16(2)6-9-17(20)3)24(28)25(29)26(22)14-19-5-4-12-30-19/h4-13,22,27H,14H2,1-3H3. The van der Waals surface area contributed by atoms with Gasteiger partial charge in [-0.15, -0.1) is 0 Å². The molecule has 5 heteroatoms. The number of nitrogens with zero attached hydrogens (tertiary/aromatic N) is 1. The molecule has 0 aliphatic carbocycles. The molecule has 0 saturated carbocycles. The van der Waals surface area contributed by atoms with Gasteiger partial charge in [0.2, 0.25) is 0 Å². The van der Waals surface area contributed by atoms with E-state index in [0.717, 1.165) is 22.3 Å². The summed E-state index contributed by atoms with van der Waals surface area (Å²) in [6.07, 6.45) is 1.53. The fourth-order valence-corrected chi connectivity index (χ4v) is 3.84. The lowest BCUT2D eigenvalue weighted by Gasteiger charge is -2.24. The molecule has 1 amide bonds. The van der Waals surface area contributed by atoms with Gasteiger partial charge in [-0.3, -0.25) is 9.59 Å². The number of amides is 1. The van der Waals surface area contributed by atoms with Crippen LogP contribution < -0.4 is 0 Å². The Morgan fingerprint density at radius 3 is 2.37 bits per heavy atom. The summed E-state index contributed by atoms with van der Waals surface area (Å²) in [7, 11) is 0. The molecule has 1 atom stereocenters. The monoisotopic (exact) mass is 401 g/mol. The average Bonchev–Trinajstić information content (AvgIpc) is 3.32. The molecule has 2 aromatic carbocycles. The molecule has 0 radical (unpaired) electrons. The Morgan fingerprint density at radius 1 is 1.00 bits per heavy atom. The van der Waals surface area contributed by atoms with Crippen molar-refractivity contribution in [3.05, 3.63) is 100 Å². The maximum Gasteiger partial charge on any atom is 0.296 e. The number of aryl methyl sites for hydroxylation is 3. The summed E-state index contributed by atoms with van der Waals surface area (Å²) in [5.41, 5.74) is 4.28. The van der Waals surface area contributed by atoms with E-state index in [2.05, 4.69) is 0 Å². The molecule has 1 fully saturated rings. The molecule has 152 valence electrons. The highest BCUT2D eigenvalue weighted by molar-refractivity contribution is 6.46. The molecule has 1 saturated heterocycles. The Kier molecular flexibility index (Phi) is 5.04. The van der Waals surface area contributed by atoms with Gasteiger partial charge in [0.05, 0.1) is 24.4 Å². The fourth-order valence-electron chi connectivity index (χ4n) is 3.84. The second-order valence-electron chi connectivity index (χ2n) is 7.74. The Bertz CT molecular complexity index is 1140. The summed E-state index contributed by atoms with van der Waals surface area (Å²) in [5.74, 6) is -0.919. The number of rotatable bonds is 4. The highest BCUT2D eigenvalue weighted by atomic mass is 16.3. The van der Waals surface area contributed by atoms with Crippen molar-refractivity contribution < 1.29 is 19.1 Å². The van der Waals surface area contributed by atoms with Crippen LogP contribution >= 0.6 is 0 Å². The SMILES string of the molecule is Cc1ccc(C2C(=C(O)c3cc(C)ccc3C)C(=O)C(=O)N2Cc2ccco2)cc1. The van der Waals surface area contributed by atoms with E-state index in [1.165, 1.54) is 11.2 Å². The Balaban J connectivity index is 1.90. The lowest BCUT2D eigenvalue weighted by molar-refractivity contribution is -0.140. The van der Waals surface area contributed by atoms with Crippen LogP contribution in [0.25, 0.3) is 5.76 Å². The zero-order valence-corrected chi connectivity index (χ0v) is 17.2. The minimum absolute atomic E-state index is 0.101. The molecule has 30 heavy (non-hydrogen) atoms. The highest BCUT2D eigenvalue weighted by Crippen LogP contribution is 2.40. The van der Waals surface area contributed by atoms with E-state index in [1.54, 1.807) is 12.1 Å². The first-order valence-corrected chi connectivity index (χ1v) is 9.82.